The van der Waals surface area contributed by atoms with Crippen molar-refractivity contribution < 1.29 is 52.3 Å². The third-order valence-corrected chi connectivity index (χ3v) is 19.3. The molecule has 6 aliphatic rings. The number of rotatable bonds is 15. The lowest BCUT2D eigenvalue weighted by molar-refractivity contribution is -0.356. The van der Waals surface area contributed by atoms with Crippen LogP contribution in [0.2, 0.25) is 10.0 Å². The summed E-state index contributed by atoms with van der Waals surface area (Å²) in [5.74, 6) is -2.25. The molecule has 4 saturated carbocycles. The molecule has 0 aromatic heterocycles. The second kappa shape index (κ2) is 24.1. The Bertz CT molecular complexity index is 2770. The van der Waals surface area contributed by atoms with E-state index in [4.69, 9.17) is 56.4 Å². The number of halogens is 2. The number of hydrogen-bond acceptors (Lipinski definition) is 11. The van der Waals surface area contributed by atoms with Crippen molar-refractivity contribution in [3.8, 4) is 0 Å². The van der Waals surface area contributed by atoms with Gasteiger partial charge in [0.1, 0.15) is 18.3 Å². The molecule has 4 aliphatic carbocycles. The molecule has 13 heteroatoms. The van der Waals surface area contributed by atoms with Gasteiger partial charge in [0.05, 0.1) is 12.2 Å². The van der Waals surface area contributed by atoms with Crippen molar-refractivity contribution in [2.75, 3.05) is 7.11 Å². The highest BCUT2D eigenvalue weighted by Gasteiger charge is 2.59. The molecule has 2 spiro atoms. The Morgan fingerprint density at radius 2 is 0.987 bits per heavy atom. The second-order valence-corrected chi connectivity index (χ2v) is 24.6. The summed E-state index contributed by atoms with van der Waals surface area (Å²) in [4.78, 5) is 48.4. The number of benzene rings is 4. The van der Waals surface area contributed by atoms with Crippen LogP contribution in [0, 0.1) is 22.7 Å². The normalized spacial score (nSPS) is 29.5. The van der Waals surface area contributed by atoms with E-state index in [1.165, 1.54) is 116 Å². The van der Waals surface area contributed by atoms with E-state index < -0.39 is 60.2 Å². The summed E-state index contributed by atoms with van der Waals surface area (Å²) in [5, 5.41) is 1.31. The molecule has 2 aliphatic heterocycles. The van der Waals surface area contributed by atoms with Crippen molar-refractivity contribution >= 4 is 47.1 Å². The fourth-order valence-corrected chi connectivity index (χ4v) is 14.3. The Morgan fingerprint density at radius 1 is 0.551 bits per heavy atom. The molecule has 10 rings (SSSR count). The van der Waals surface area contributed by atoms with Gasteiger partial charge in [-0.15, -0.1) is 0 Å². The molecule has 0 amide bonds. The lowest BCUT2D eigenvalue weighted by atomic mass is 9.51. The maximum absolute atomic E-state index is 12.3. The van der Waals surface area contributed by atoms with Gasteiger partial charge in [0, 0.05) is 62.2 Å². The van der Waals surface area contributed by atoms with Crippen LogP contribution in [-0.4, -0.2) is 67.6 Å². The zero-order chi connectivity index (χ0) is 55.7. The van der Waals surface area contributed by atoms with Gasteiger partial charge in [0.15, 0.2) is 12.2 Å². The highest BCUT2D eigenvalue weighted by atomic mass is 35.5. The van der Waals surface area contributed by atoms with E-state index >= 15 is 0 Å². The molecule has 4 aromatic carbocycles. The zero-order valence-electron chi connectivity index (χ0n) is 47.1. The van der Waals surface area contributed by atoms with Crippen LogP contribution in [0.3, 0.4) is 0 Å². The van der Waals surface area contributed by atoms with Crippen LogP contribution in [0.5, 0.6) is 0 Å². The number of carbonyl (C=O) groups is 4. The second-order valence-electron chi connectivity index (χ2n) is 23.8. The van der Waals surface area contributed by atoms with E-state index in [1.54, 1.807) is 0 Å². The van der Waals surface area contributed by atoms with Gasteiger partial charge in [-0.2, -0.15) is 0 Å². The smallest absolute Gasteiger partial charge is 0.303 e. The first kappa shape index (κ1) is 57.9. The Morgan fingerprint density at radius 3 is 1.44 bits per heavy atom. The predicted octanol–water partition coefficient (Wildman–Crippen LogP) is 14.4. The molecule has 420 valence electrons. The first-order valence-electron chi connectivity index (χ1n) is 28.6. The van der Waals surface area contributed by atoms with Gasteiger partial charge in [-0.1, -0.05) is 130 Å². The predicted molar refractivity (Wildman–Crippen MR) is 300 cm³/mol. The molecule has 0 bridgehead atoms. The topological polar surface area (TPSA) is 133 Å². The van der Waals surface area contributed by atoms with Crippen LogP contribution in [0.1, 0.15) is 195 Å². The van der Waals surface area contributed by atoms with Gasteiger partial charge in [-0.05, 0) is 157 Å². The minimum Gasteiger partial charge on any atom is -0.458 e. The van der Waals surface area contributed by atoms with Crippen molar-refractivity contribution in [3.63, 3.8) is 0 Å². The number of hydrogen-bond donors (Lipinski definition) is 0. The van der Waals surface area contributed by atoms with Gasteiger partial charge < -0.3 is 33.2 Å². The van der Waals surface area contributed by atoms with E-state index in [2.05, 4.69) is 48.5 Å². The van der Waals surface area contributed by atoms with Crippen molar-refractivity contribution in [1.29, 1.82) is 0 Å². The molecule has 0 radical (unpaired) electrons. The summed E-state index contributed by atoms with van der Waals surface area (Å²) < 4.78 is 42.1. The molecular weight excluding hydrogens is 1030 g/mol. The molecule has 2 unspecified atom stereocenters. The average molecular weight is 1110 g/mol. The number of methoxy groups -OCH3 is 1. The lowest BCUT2D eigenvalue weighted by Crippen LogP contribution is -2.62. The maximum atomic E-state index is 12.3. The molecule has 0 N–H and O–H groups in total. The third-order valence-electron chi connectivity index (χ3n) is 18.5. The van der Waals surface area contributed by atoms with Crippen LogP contribution in [0.15, 0.2) is 84.9 Å². The standard InChI is InChI=1S/C33H41ClO6.C32H39ClO5/c1-6-29-20(2)30(38-21(3)35)31(39-22(4)36)33(37-5,40-29)27-12-13-28(34)25(17-27)16-23-8-10-24(11-9-23)26-18-32(19-26)14-7-15-32;1-5-28-19(2)29(36-20(3)34)31(37-21(4)35)30(38-28)24-11-12-27(33)25(16-24)15-22-7-9-23(10-8-22)26-17-32(18-26)13-6-14-32/h8-13,17,20,26,29-31H,6-7,14-16,18-19H2,1-5H3;7-12,16,19,26,28-31H,5-6,13-15,17-18H2,1-4H3/t20-,29-,30+,31-,33?;19-,28-,29+,30?,31-/m11/s1. The molecular formula is C65H80Cl2O11. The number of ether oxygens (including phenoxy) is 7. The summed E-state index contributed by atoms with van der Waals surface area (Å²) in [5.41, 5.74) is 9.95. The summed E-state index contributed by atoms with van der Waals surface area (Å²) in [7, 11) is 1.52. The van der Waals surface area contributed by atoms with Gasteiger partial charge in [0.2, 0.25) is 5.79 Å². The van der Waals surface area contributed by atoms with E-state index in [-0.39, 0.29) is 24.0 Å². The molecule has 2 saturated heterocycles. The van der Waals surface area contributed by atoms with Gasteiger partial charge in [-0.25, -0.2) is 0 Å². The minimum absolute atomic E-state index is 0.121. The SMILES string of the molecule is CC[C@H]1OC(OC)(c2ccc(Cl)c(Cc3ccc(C4CC5(CCC5)C4)cc3)c2)[C@H](OC(C)=O)[C@@H](OC(C)=O)[C@@H]1C.CC[C@H]1OC(c2ccc(Cl)c(Cc3ccc(C4CC5(CCC5)C4)cc3)c2)[C@H](OC(C)=O)[C@@H](OC(C)=O)[C@@H]1C. The van der Waals surface area contributed by atoms with Crippen LogP contribution in [0.4, 0.5) is 0 Å². The minimum atomic E-state index is -1.48. The van der Waals surface area contributed by atoms with E-state index in [9.17, 15) is 19.2 Å². The highest BCUT2D eigenvalue weighted by molar-refractivity contribution is 6.31. The molecule has 6 fully saturated rings. The van der Waals surface area contributed by atoms with E-state index in [0.29, 0.717) is 57.5 Å². The maximum Gasteiger partial charge on any atom is 0.303 e. The Balaban J connectivity index is 0.000000190. The lowest BCUT2D eigenvalue weighted by Gasteiger charge is -2.54. The zero-order valence-corrected chi connectivity index (χ0v) is 48.6. The molecule has 78 heavy (non-hydrogen) atoms. The number of esters is 4. The molecule has 2 heterocycles. The van der Waals surface area contributed by atoms with Crippen LogP contribution < -0.4 is 0 Å². The average Bonchev–Trinajstić information content (AvgIpc) is 3.56. The third kappa shape index (κ3) is 12.3. The van der Waals surface area contributed by atoms with Crippen molar-refractivity contribution in [2.45, 2.75) is 206 Å². The van der Waals surface area contributed by atoms with Crippen LogP contribution >= 0.6 is 23.2 Å². The van der Waals surface area contributed by atoms with Gasteiger partial charge >= 0.3 is 23.9 Å². The molecule has 11 nitrogen and oxygen atoms in total. The fourth-order valence-electron chi connectivity index (χ4n) is 14.0. The van der Waals surface area contributed by atoms with Crippen molar-refractivity contribution in [2.24, 2.45) is 22.7 Å². The van der Waals surface area contributed by atoms with Crippen LogP contribution in [0.25, 0.3) is 0 Å². The van der Waals surface area contributed by atoms with Crippen LogP contribution in [-0.2, 0) is 71.0 Å². The Hall–Kier alpha value is -4.78. The quantitative estimate of drug-likeness (QED) is 0.0832. The number of carbonyl (C=O) groups excluding carboxylic acids is 4. The van der Waals surface area contributed by atoms with E-state index in [1.807, 2.05) is 64.1 Å². The van der Waals surface area contributed by atoms with Crippen molar-refractivity contribution in [1.82, 2.24) is 0 Å². The summed E-state index contributed by atoms with van der Waals surface area (Å²) in [6, 6.07) is 29.3. The largest absolute Gasteiger partial charge is 0.458 e. The highest BCUT2D eigenvalue weighted by Crippen LogP contribution is 2.63. The summed E-state index contributed by atoms with van der Waals surface area (Å²) in [6.07, 6.45) is 12.4. The van der Waals surface area contributed by atoms with Gasteiger partial charge in [0.25, 0.3) is 0 Å². The Kier molecular flexibility index (Phi) is 17.9. The molecule has 4 aromatic rings. The van der Waals surface area contributed by atoms with E-state index in [0.717, 1.165) is 28.7 Å². The first-order valence-corrected chi connectivity index (χ1v) is 29.4. The summed E-state index contributed by atoms with van der Waals surface area (Å²) >= 11 is 13.4. The van der Waals surface area contributed by atoms with Crippen molar-refractivity contribution in [3.05, 3.63) is 139 Å². The monoisotopic (exact) mass is 1110 g/mol. The molecule has 10 atom stereocenters. The van der Waals surface area contributed by atoms with Gasteiger partial charge in [-0.3, -0.25) is 19.2 Å². The first-order chi connectivity index (χ1) is 37.3. The Labute approximate surface area is 472 Å². The fraction of sp³-hybridized carbons (Fsp3) is 0.569. The summed E-state index contributed by atoms with van der Waals surface area (Å²) in [6.45, 7) is 13.4.